The lowest BCUT2D eigenvalue weighted by atomic mass is 10.2. The van der Waals surface area contributed by atoms with E-state index < -0.39 is 0 Å². The number of anilines is 6. The molecule has 9 N–H and O–H groups in total. The van der Waals surface area contributed by atoms with Gasteiger partial charge in [-0.15, -0.1) is 11.3 Å². The molecule has 0 saturated carbocycles. The largest absolute Gasteiger partial charge is 0.451 e. The van der Waals surface area contributed by atoms with Gasteiger partial charge in [-0.3, -0.25) is 14.4 Å². The topological polar surface area (TPSA) is 183 Å². The van der Waals surface area contributed by atoms with Crippen LogP contribution in [0.25, 0.3) is 21.1 Å². The zero-order valence-electron chi connectivity index (χ0n) is 29.2. The van der Waals surface area contributed by atoms with Crippen LogP contribution in [0, 0.1) is 0 Å². The van der Waals surface area contributed by atoms with Crippen LogP contribution in [0.5, 0.6) is 0 Å². The number of carbonyl (C=O) groups is 3. The molecule has 12 heteroatoms. The smallest absolute Gasteiger partial charge is 0.291 e. The molecule has 0 unspecified atom stereocenters. The number of nitrogens with two attached hydrogens (primary N) is 3. The summed E-state index contributed by atoms with van der Waals surface area (Å²) in [5.41, 5.74) is 22.3. The summed E-state index contributed by atoms with van der Waals surface area (Å²) in [6.07, 6.45) is 1.83. The van der Waals surface area contributed by atoms with Crippen LogP contribution in [0.4, 0.5) is 34.1 Å². The molecule has 5 aromatic carbocycles. The Morgan fingerprint density at radius 1 is 0.556 bits per heavy atom. The maximum Gasteiger partial charge on any atom is 0.291 e. The van der Waals surface area contributed by atoms with Crippen molar-refractivity contribution in [2.75, 3.05) is 33.2 Å². The fraction of sp³-hybridized carbons (Fsp3) is 0.0238. The van der Waals surface area contributed by atoms with Crippen molar-refractivity contribution in [1.29, 1.82) is 0 Å². The third-order valence-electron chi connectivity index (χ3n) is 7.98. The number of aryl methyl sites for hydroxylation is 1. The summed E-state index contributed by atoms with van der Waals surface area (Å²) in [6.45, 7) is 0. The number of thiophene rings is 1. The Morgan fingerprint density at radius 3 is 1.57 bits per heavy atom. The van der Waals surface area contributed by atoms with Crippen molar-refractivity contribution < 1.29 is 18.8 Å². The Bertz CT molecular complexity index is 2320. The van der Waals surface area contributed by atoms with Gasteiger partial charge in [0.2, 0.25) is 0 Å². The molecule has 3 amide bonds. The second kappa shape index (κ2) is 16.8. The number of carbonyl (C=O) groups excluding carboxylic acids is 3. The van der Waals surface area contributed by atoms with E-state index in [1.54, 1.807) is 89.5 Å². The monoisotopic (exact) mass is 735 g/mol. The fourth-order valence-corrected chi connectivity index (χ4v) is 6.12. The zero-order chi connectivity index (χ0) is 38.0. The quantitative estimate of drug-likeness (QED) is 0.0922. The molecule has 0 fully saturated rings. The molecule has 0 saturated heterocycles. The highest BCUT2D eigenvalue weighted by molar-refractivity contribution is 7.20. The van der Waals surface area contributed by atoms with E-state index in [-0.39, 0.29) is 23.5 Å². The molecule has 0 aliphatic rings. The predicted octanol–water partition coefficient (Wildman–Crippen LogP) is 8.86. The average molecular weight is 736 g/mol. The Morgan fingerprint density at radius 2 is 1.06 bits per heavy atom. The van der Waals surface area contributed by atoms with Crippen LogP contribution in [0.15, 0.2) is 156 Å². The van der Waals surface area contributed by atoms with Crippen LogP contribution >= 0.6 is 11.3 Å². The van der Waals surface area contributed by atoms with Gasteiger partial charge in [-0.25, -0.2) is 0 Å². The summed E-state index contributed by atoms with van der Waals surface area (Å²) < 4.78 is 8.38. The Labute approximate surface area is 315 Å². The van der Waals surface area contributed by atoms with E-state index in [2.05, 4.69) is 16.0 Å². The molecule has 0 radical (unpaired) electrons. The minimum atomic E-state index is -0.277. The van der Waals surface area contributed by atoms with Gasteiger partial charge in [0.25, 0.3) is 17.7 Å². The summed E-state index contributed by atoms with van der Waals surface area (Å²) >= 11 is 1.49. The molecule has 3 aromatic heterocycles. The number of benzene rings is 5. The van der Waals surface area contributed by atoms with E-state index >= 15 is 0 Å². The maximum absolute atomic E-state index is 12.1. The van der Waals surface area contributed by atoms with E-state index in [4.69, 9.17) is 21.6 Å². The van der Waals surface area contributed by atoms with E-state index in [0.717, 1.165) is 26.8 Å². The number of nitrogen functional groups attached to an aromatic ring is 3. The van der Waals surface area contributed by atoms with Gasteiger partial charge >= 0.3 is 0 Å². The molecule has 8 aromatic rings. The molecule has 54 heavy (non-hydrogen) atoms. The minimum Gasteiger partial charge on any atom is -0.451 e. The lowest BCUT2D eigenvalue weighted by Crippen LogP contribution is -2.15. The molecule has 0 atom stereocenters. The lowest BCUT2D eigenvalue weighted by molar-refractivity contribution is 0.0995. The molecule has 0 aliphatic carbocycles. The van der Waals surface area contributed by atoms with Crippen LogP contribution in [0.1, 0.15) is 30.7 Å². The SMILES string of the molecule is Cn1cccc1C(=O)Nc1ccc(N)cc1.Nc1ccc(NC(=O)c2cc3ccccc3o2)cc1.Nc1ccc(NC(=O)c2cc3ccccc3s2)cc1. The van der Waals surface area contributed by atoms with Gasteiger partial charge in [0.15, 0.2) is 5.76 Å². The number of amides is 3. The second-order valence-electron chi connectivity index (χ2n) is 12.0. The first-order chi connectivity index (χ1) is 26.1. The van der Waals surface area contributed by atoms with Gasteiger partial charge < -0.3 is 42.1 Å². The third-order valence-corrected chi connectivity index (χ3v) is 9.10. The summed E-state index contributed by atoms with van der Waals surface area (Å²) in [5, 5.41) is 10.4. The summed E-state index contributed by atoms with van der Waals surface area (Å²) in [5.74, 6) is -0.206. The number of aromatic nitrogens is 1. The van der Waals surface area contributed by atoms with Crippen LogP contribution in [0.3, 0.4) is 0 Å². The van der Waals surface area contributed by atoms with Crippen LogP contribution in [-0.4, -0.2) is 22.3 Å². The van der Waals surface area contributed by atoms with Crippen molar-refractivity contribution in [2.45, 2.75) is 0 Å². The van der Waals surface area contributed by atoms with Gasteiger partial charge in [0.1, 0.15) is 11.3 Å². The lowest BCUT2D eigenvalue weighted by Gasteiger charge is -2.06. The molecular formula is C42H37N7O4S. The number of nitrogens with zero attached hydrogens (tertiary/aromatic N) is 1. The number of nitrogens with one attached hydrogen (secondary N) is 3. The van der Waals surface area contributed by atoms with Crippen molar-refractivity contribution in [1.82, 2.24) is 4.57 Å². The number of hydrogen-bond donors (Lipinski definition) is 6. The standard InChI is InChI=1S/C15H12N2O2.C15H12N2OS.C12H13N3O/c2*16-11-5-7-12(8-6-11)17-15(18)14-9-10-3-1-2-4-13(10)19-14;1-15-8-2-3-11(15)12(16)14-10-6-4-9(13)5-7-10/h2*1-9H,16H2,(H,17,18);2-8H,13H2,1H3,(H,14,16). The highest BCUT2D eigenvalue weighted by Gasteiger charge is 2.13. The molecule has 0 spiro atoms. The van der Waals surface area contributed by atoms with Gasteiger partial charge in [-0.2, -0.15) is 0 Å². The number of para-hydroxylation sites is 1. The normalized spacial score (nSPS) is 10.4. The molecule has 3 heterocycles. The van der Waals surface area contributed by atoms with Crippen molar-refractivity contribution in [3.63, 3.8) is 0 Å². The summed E-state index contributed by atoms with van der Waals surface area (Å²) in [4.78, 5) is 36.7. The van der Waals surface area contributed by atoms with Crippen molar-refractivity contribution in [3.8, 4) is 0 Å². The summed E-state index contributed by atoms with van der Waals surface area (Å²) in [6, 6.07) is 43.8. The molecule has 8 rings (SSSR count). The van der Waals surface area contributed by atoms with E-state index in [9.17, 15) is 14.4 Å². The number of furan rings is 1. The highest BCUT2D eigenvalue weighted by atomic mass is 32.1. The van der Waals surface area contributed by atoms with E-state index in [1.165, 1.54) is 11.3 Å². The fourth-order valence-electron chi connectivity index (χ4n) is 5.16. The van der Waals surface area contributed by atoms with Gasteiger partial charge in [-0.05, 0) is 115 Å². The van der Waals surface area contributed by atoms with Gasteiger partial charge in [0, 0.05) is 57.5 Å². The minimum absolute atomic E-state index is 0.0917. The van der Waals surface area contributed by atoms with Crippen molar-refractivity contribution in [3.05, 3.63) is 168 Å². The van der Waals surface area contributed by atoms with Crippen LogP contribution < -0.4 is 33.2 Å². The first kappa shape index (κ1) is 36.5. The molecule has 11 nitrogen and oxygen atoms in total. The molecule has 0 bridgehead atoms. The summed E-state index contributed by atoms with van der Waals surface area (Å²) in [7, 11) is 1.83. The molecule has 0 aliphatic heterocycles. The third kappa shape index (κ3) is 9.51. The number of rotatable bonds is 6. The predicted molar refractivity (Wildman–Crippen MR) is 220 cm³/mol. The highest BCUT2D eigenvalue weighted by Crippen LogP contribution is 2.26. The van der Waals surface area contributed by atoms with Gasteiger partial charge in [0.05, 0.1) is 4.88 Å². The zero-order valence-corrected chi connectivity index (χ0v) is 30.0. The van der Waals surface area contributed by atoms with E-state index in [0.29, 0.717) is 38.9 Å². The van der Waals surface area contributed by atoms with Crippen molar-refractivity contribution >= 4 is 84.2 Å². The molecular weight excluding hydrogens is 699 g/mol. The maximum atomic E-state index is 12.1. The number of fused-ring (bicyclic) bond motifs is 2. The van der Waals surface area contributed by atoms with Crippen molar-refractivity contribution in [2.24, 2.45) is 7.05 Å². The van der Waals surface area contributed by atoms with Crippen LogP contribution in [-0.2, 0) is 7.05 Å². The Kier molecular flexibility index (Phi) is 11.4. The van der Waals surface area contributed by atoms with Gasteiger partial charge in [-0.1, -0.05) is 36.4 Å². The number of hydrogen-bond acceptors (Lipinski definition) is 8. The molecule has 270 valence electrons. The van der Waals surface area contributed by atoms with Crippen LogP contribution in [0.2, 0.25) is 0 Å². The average Bonchev–Trinajstić information content (AvgIpc) is 3.93. The van der Waals surface area contributed by atoms with E-state index in [1.807, 2.05) is 73.9 Å². The Balaban J connectivity index is 0.000000139. The second-order valence-corrected chi connectivity index (χ2v) is 13.1. The first-order valence-corrected chi connectivity index (χ1v) is 17.5. The first-order valence-electron chi connectivity index (χ1n) is 16.7. The Hall–Kier alpha value is -7.31.